The van der Waals surface area contributed by atoms with Crippen molar-refractivity contribution in [2.45, 2.75) is 37.8 Å². The van der Waals surface area contributed by atoms with Crippen molar-refractivity contribution in [2.75, 3.05) is 42.7 Å². The van der Waals surface area contributed by atoms with E-state index >= 15 is 0 Å². The van der Waals surface area contributed by atoms with E-state index in [4.69, 9.17) is 36.5 Å². The predicted octanol–water partition coefficient (Wildman–Crippen LogP) is 10.6. The van der Waals surface area contributed by atoms with Crippen molar-refractivity contribution in [3.63, 3.8) is 0 Å². The summed E-state index contributed by atoms with van der Waals surface area (Å²) in [7, 11) is 10.1. The van der Waals surface area contributed by atoms with Crippen molar-refractivity contribution < 1.29 is 26.6 Å². The molecule has 0 aliphatic heterocycles. The van der Waals surface area contributed by atoms with Gasteiger partial charge >= 0.3 is 17.6 Å². The summed E-state index contributed by atoms with van der Waals surface area (Å²) in [5, 5.41) is 0.309. The molecule has 52 heavy (non-hydrogen) atoms. The molecule has 0 N–H and O–H groups in total. The molecular weight excluding hydrogens is 805 g/mol. The third-order valence-electron chi connectivity index (χ3n) is 10.2. The number of thiazole rings is 2. The predicted molar refractivity (Wildman–Crippen MR) is 229 cm³/mol. The van der Waals surface area contributed by atoms with Gasteiger partial charge in [0.15, 0.2) is 0 Å². The zero-order valence-electron chi connectivity index (χ0n) is 30.9. The van der Waals surface area contributed by atoms with Gasteiger partial charge in [0.05, 0.1) is 20.4 Å². The number of hydrogen-bond acceptors (Lipinski definition) is 14. The lowest BCUT2D eigenvalue weighted by Crippen LogP contribution is -2.65. The average molecular weight is 849 g/mol. The molecule has 16 heteroatoms. The first-order valence-electron chi connectivity index (χ1n) is 16.6. The molecule has 0 radical (unpaired) electrons. The largest absolute Gasteiger partial charge is 0.519 e. The lowest BCUT2D eigenvalue weighted by atomic mass is 9.86. The number of para-hydroxylation sites is 2. The lowest BCUT2D eigenvalue weighted by molar-refractivity contribution is 0.0899. The minimum Gasteiger partial charge on any atom is -0.376 e. The molecule has 2 aliphatic rings. The third kappa shape index (κ3) is 6.22. The summed E-state index contributed by atoms with van der Waals surface area (Å²) in [6.45, 7) is 8.72. The second-order valence-electron chi connectivity index (χ2n) is 12.5. The van der Waals surface area contributed by atoms with Crippen LogP contribution in [-0.4, -0.2) is 70.2 Å². The number of hydrogen-bond donors (Lipinski definition) is 0. The van der Waals surface area contributed by atoms with Crippen LogP contribution < -0.4 is 0 Å². The Bertz CT molecular complexity index is 1820. The van der Waals surface area contributed by atoms with Crippen LogP contribution in [0, 0.1) is 11.8 Å². The molecule has 2 heterocycles. The molecule has 2 aromatic heterocycles. The average Bonchev–Trinajstić information content (AvgIpc) is 3.81. The topological polar surface area (TPSA) is 81.2 Å². The summed E-state index contributed by atoms with van der Waals surface area (Å²) in [5.41, 5.74) is 4.15. The van der Waals surface area contributed by atoms with Gasteiger partial charge in [0.2, 0.25) is 0 Å². The zero-order chi connectivity index (χ0) is 37.3. The standard InChI is InChI=1S/C36H44N2O6S6Si2/c1-23-19-21-25(3)35(51(39-5,40-6)41-7,33-37-27-15-11-13-17-29(27)45-33)31(23)47-49-50-48-32-24(2)20-22-26(4)36(32,52(42-8,43-9)44-10)34-38-28-16-12-14-18-30(28)46-34/h11-22,25-26H,1-10H3. The van der Waals surface area contributed by atoms with Gasteiger partial charge in [-0.1, -0.05) is 62.4 Å². The van der Waals surface area contributed by atoms with E-state index < -0.39 is 27.7 Å². The fraction of sp³-hybridized carbons (Fsp3) is 0.389. The Hall–Kier alpha value is -1.23. The first-order valence-corrected chi connectivity index (χ1v) is 26.5. The Morgan fingerprint density at radius 2 is 0.923 bits per heavy atom. The monoisotopic (exact) mass is 848 g/mol. The van der Waals surface area contributed by atoms with Crippen molar-refractivity contribution in [2.24, 2.45) is 11.8 Å². The SMILES string of the molecule is CO[Si](OC)(OC)C1(c2nc3ccccc3s2)C(SSSSC2=C(C)C=CC(C)C2(c2nc3ccccc3s2)[Si](OC)(OC)OC)=C(C)C=CC1C. The van der Waals surface area contributed by atoms with Crippen molar-refractivity contribution in [3.8, 4) is 0 Å². The summed E-state index contributed by atoms with van der Waals surface area (Å²) in [6.07, 6.45) is 8.87. The fourth-order valence-corrected chi connectivity index (χ4v) is 25.3. The molecule has 8 nitrogen and oxygen atoms in total. The van der Waals surface area contributed by atoms with Crippen LogP contribution in [-0.2, 0) is 36.6 Å². The van der Waals surface area contributed by atoms with Gasteiger partial charge < -0.3 is 26.6 Å². The number of aromatic nitrogens is 2. The maximum absolute atomic E-state index is 6.38. The van der Waals surface area contributed by atoms with E-state index in [1.807, 2.05) is 12.1 Å². The molecule has 6 rings (SSSR count). The number of allylic oxidation sites excluding steroid dienone is 8. The maximum atomic E-state index is 6.38. The molecule has 0 bridgehead atoms. The second kappa shape index (κ2) is 16.5. The maximum Gasteiger partial charge on any atom is 0.519 e. The Labute approximate surface area is 332 Å². The van der Waals surface area contributed by atoms with E-state index in [9.17, 15) is 0 Å². The van der Waals surface area contributed by atoms with Gasteiger partial charge in [0.1, 0.15) is 20.1 Å². The first-order chi connectivity index (χ1) is 25.1. The molecule has 2 aromatic carbocycles. The number of nitrogens with zero attached hydrogens (tertiary/aromatic N) is 2. The molecule has 4 unspecified atom stereocenters. The van der Waals surface area contributed by atoms with E-state index in [-0.39, 0.29) is 11.8 Å². The zero-order valence-corrected chi connectivity index (χ0v) is 37.8. The van der Waals surface area contributed by atoms with Crippen LogP contribution in [0.4, 0.5) is 0 Å². The number of rotatable bonds is 15. The van der Waals surface area contributed by atoms with Crippen LogP contribution in [0.5, 0.6) is 0 Å². The molecule has 0 fully saturated rings. The van der Waals surface area contributed by atoms with Gasteiger partial charge in [-0.2, -0.15) is 0 Å². The highest BCUT2D eigenvalue weighted by atomic mass is 33.7. The normalized spacial score (nSPS) is 24.2. The lowest BCUT2D eigenvalue weighted by Gasteiger charge is -2.48. The molecular formula is C36H44N2O6S6Si2. The van der Waals surface area contributed by atoms with Gasteiger partial charge in [0.25, 0.3) is 0 Å². The van der Waals surface area contributed by atoms with Crippen molar-refractivity contribution in [1.29, 1.82) is 0 Å². The first kappa shape index (κ1) is 40.4. The van der Waals surface area contributed by atoms with Gasteiger partial charge in [-0.25, -0.2) is 9.97 Å². The second-order valence-corrected chi connectivity index (χ2v) is 26.6. The Balaban J connectivity index is 1.41. The van der Waals surface area contributed by atoms with E-state index in [2.05, 4.69) is 88.4 Å². The Kier molecular flexibility index (Phi) is 12.8. The summed E-state index contributed by atoms with van der Waals surface area (Å²) in [6, 6.07) is 16.5. The minimum absolute atomic E-state index is 0.0262. The third-order valence-corrected chi connectivity index (χ3v) is 26.9. The van der Waals surface area contributed by atoms with E-state index in [1.54, 1.807) is 107 Å². The van der Waals surface area contributed by atoms with Gasteiger partial charge in [0, 0.05) is 52.5 Å². The molecule has 4 aromatic rings. The van der Waals surface area contributed by atoms with Crippen molar-refractivity contribution >= 4 is 102 Å². The van der Waals surface area contributed by atoms with E-state index in [1.165, 1.54) is 0 Å². The fourth-order valence-electron chi connectivity index (χ4n) is 7.64. The summed E-state index contributed by atoms with van der Waals surface area (Å²) in [4.78, 5) is 12.7. The van der Waals surface area contributed by atoms with E-state index in [0.717, 1.165) is 51.4 Å². The van der Waals surface area contributed by atoms with Gasteiger partial charge in [-0.15, -0.1) is 22.7 Å². The summed E-state index contributed by atoms with van der Waals surface area (Å²) >= 11 is 3.36. The van der Waals surface area contributed by atoms with Crippen LogP contribution >= 0.6 is 63.9 Å². The highest BCUT2D eigenvalue weighted by molar-refractivity contribution is 9.26. The van der Waals surface area contributed by atoms with Crippen LogP contribution in [0.2, 0.25) is 0 Å². The molecule has 0 saturated carbocycles. The van der Waals surface area contributed by atoms with Crippen LogP contribution in [0.15, 0.2) is 93.8 Å². The number of fused-ring (bicyclic) bond motifs is 2. The molecule has 0 saturated heterocycles. The molecule has 278 valence electrons. The Morgan fingerprint density at radius 1 is 0.577 bits per heavy atom. The summed E-state index contributed by atoms with van der Waals surface area (Å²) < 4.78 is 40.5. The Morgan fingerprint density at radius 3 is 1.25 bits per heavy atom. The van der Waals surface area contributed by atoms with Crippen molar-refractivity contribution in [3.05, 3.63) is 104 Å². The molecule has 2 aliphatic carbocycles. The van der Waals surface area contributed by atoms with E-state index in [0.29, 0.717) is 0 Å². The highest BCUT2D eigenvalue weighted by Gasteiger charge is 2.69. The molecule has 4 atom stereocenters. The minimum atomic E-state index is -3.46. The quantitative estimate of drug-likeness (QED) is 0.0649. The van der Waals surface area contributed by atoms with Crippen LogP contribution in [0.3, 0.4) is 0 Å². The summed E-state index contributed by atoms with van der Waals surface area (Å²) in [5.74, 6) is -0.0524. The number of benzene rings is 2. The van der Waals surface area contributed by atoms with Gasteiger partial charge in [-0.3, -0.25) is 0 Å². The molecule has 0 spiro atoms. The molecule has 0 amide bonds. The van der Waals surface area contributed by atoms with Crippen LogP contribution in [0.1, 0.15) is 37.7 Å². The van der Waals surface area contributed by atoms with Crippen LogP contribution in [0.25, 0.3) is 20.4 Å². The van der Waals surface area contributed by atoms with Crippen molar-refractivity contribution in [1.82, 2.24) is 9.97 Å². The van der Waals surface area contributed by atoms with Gasteiger partial charge in [-0.05, 0) is 102 Å². The highest BCUT2D eigenvalue weighted by Crippen LogP contribution is 2.64. The smallest absolute Gasteiger partial charge is 0.376 e.